The summed E-state index contributed by atoms with van der Waals surface area (Å²) < 4.78 is 5.11. The van der Waals surface area contributed by atoms with E-state index in [4.69, 9.17) is 4.74 Å². The number of carbonyl (C=O) groups is 1. The van der Waals surface area contributed by atoms with Gasteiger partial charge in [-0.25, -0.2) is 0 Å². The minimum atomic E-state index is -0.194. The van der Waals surface area contributed by atoms with E-state index in [1.807, 2.05) is 6.92 Å². The molecule has 0 radical (unpaired) electrons. The van der Waals surface area contributed by atoms with E-state index < -0.39 is 0 Å². The zero-order chi connectivity index (χ0) is 11.1. The summed E-state index contributed by atoms with van der Waals surface area (Å²) in [6, 6.07) is 0. The van der Waals surface area contributed by atoms with Gasteiger partial charge in [-0.3, -0.25) is 4.79 Å². The van der Waals surface area contributed by atoms with Crippen molar-refractivity contribution >= 4 is 5.97 Å². The van der Waals surface area contributed by atoms with Crippen LogP contribution in [0, 0.1) is 5.92 Å². The maximum absolute atomic E-state index is 10.7. The Morgan fingerprint density at radius 2 is 1.93 bits per heavy atom. The van der Waals surface area contributed by atoms with Crippen LogP contribution in [0.25, 0.3) is 0 Å². The number of carbonyl (C=O) groups excluding carboxylic acids is 1. The van der Waals surface area contributed by atoms with Crippen molar-refractivity contribution < 1.29 is 9.53 Å². The molecule has 2 nitrogen and oxygen atoms in total. The van der Waals surface area contributed by atoms with Gasteiger partial charge >= 0.3 is 5.97 Å². The van der Waals surface area contributed by atoms with Crippen molar-refractivity contribution in [1.29, 1.82) is 0 Å². The number of hydrogen-bond acceptors (Lipinski definition) is 2. The Labute approximate surface area is 87.3 Å². The molecule has 0 saturated carbocycles. The van der Waals surface area contributed by atoms with Crippen LogP contribution in [0.3, 0.4) is 0 Å². The molecule has 0 aromatic heterocycles. The Morgan fingerprint density at radius 3 is 2.36 bits per heavy atom. The zero-order valence-corrected chi connectivity index (χ0v) is 9.96. The highest BCUT2D eigenvalue weighted by molar-refractivity contribution is 5.66. The summed E-state index contributed by atoms with van der Waals surface area (Å²) in [5.74, 6) is 0.195. The van der Waals surface area contributed by atoms with Crippen molar-refractivity contribution in [3.05, 3.63) is 11.6 Å². The number of ether oxygens (including phenoxy) is 1. The lowest BCUT2D eigenvalue weighted by Crippen LogP contribution is -2.20. The van der Waals surface area contributed by atoms with Gasteiger partial charge in [0.25, 0.3) is 0 Å². The van der Waals surface area contributed by atoms with Gasteiger partial charge in [0.05, 0.1) is 0 Å². The third-order valence-electron chi connectivity index (χ3n) is 2.55. The first kappa shape index (κ1) is 13.2. The van der Waals surface area contributed by atoms with Crippen LogP contribution in [0.15, 0.2) is 11.6 Å². The van der Waals surface area contributed by atoms with E-state index >= 15 is 0 Å². The van der Waals surface area contributed by atoms with E-state index in [1.54, 1.807) is 0 Å². The molecule has 0 aromatic carbocycles. The summed E-state index contributed by atoms with van der Waals surface area (Å²) in [6.45, 7) is 9.78. The van der Waals surface area contributed by atoms with Gasteiger partial charge in [-0.2, -0.15) is 0 Å². The summed E-state index contributed by atoms with van der Waals surface area (Å²) in [6.07, 6.45) is 4.31. The standard InChI is InChI=1S/C12H22O2/c1-6-9(2)7-8-10(3)11(4)14-12(5)13/h7,10-11H,6,8H2,1-5H3. The van der Waals surface area contributed by atoms with Gasteiger partial charge in [-0.15, -0.1) is 0 Å². The lowest BCUT2D eigenvalue weighted by molar-refractivity contribution is -0.147. The largest absolute Gasteiger partial charge is 0.463 e. The van der Waals surface area contributed by atoms with Crippen LogP contribution in [-0.2, 0) is 9.53 Å². The molecule has 2 heteroatoms. The van der Waals surface area contributed by atoms with Gasteiger partial charge in [-0.1, -0.05) is 25.5 Å². The van der Waals surface area contributed by atoms with E-state index in [1.165, 1.54) is 12.5 Å². The van der Waals surface area contributed by atoms with Crippen LogP contribution in [0.2, 0.25) is 0 Å². The number of esters is 1. The topological polar surface area (TPSA) is 26.3 Å². The lowest BCUT2D eigenvalue weighted by atomic mass is 10.00. The molecule has 0 heterocycles. The van der Waals surface area contributed by atoms with Crippen molar-refractivity contribution in [1.82, 2.24) is 0 Å². The second-order valence-electron chi connectivity index (χ2n) is 3.93. The van der Waals surface area contributed by atoms with Crippen molar-refractivity contribution in [3.8, 4) is 0 Å². The molecule has 0 aliphatic heterocycles. The Balaban J connectivity index is 3.95. The molecule has 14 heavy (non-hydrogen) atoms. The number of allylic oxidation sites excluding steroid dienone is 2. The van der Waals surface area contributed by atoms with Crippen LogP contribution < -0.4 is 0 Å². The van der Waals surface area contributed by atoms with Gasteiger partial charge in [0.1, 0.15) is 6.10 Å². The van der Waals surface area contributed by atoms with E-state index in [0.717, 1.165) is 12.8 Å². The number of rotatable bonds is 5. The summed E-state index contributed by atoms with van der Waals surface area (Å²) >= 11 is 0. The minimum absolute atomic E-state index is 0.00778. The van der Waals surface area contributed by atoms with Crippen LogP contribution >= 0.6 is 0 Å². The Kier molecular flexibility index (Phi) is 6.26. The van der Waals surface area contributed by atoms with Crippen molar-refractivity contribution in [3.63, 3.8) is 0 Å². The van der Waals surface area contributed by atoms with Crippen molar-refractivity contribution in [2.75, 3.05) is 0 Å². The maximum atomic E-state index is 10.7. The predicted octanol–water partition coefficient (Wildman–Crippen LogP) is 3.32. The van der Waals surface area contributed by atoms with Gasteiger partial charge < -0.3 is 4.74 Å². The van der Waals surface area contributed by atoms with E-state index in [-0.39, 0.29) is 12.1 Å². The highest BCUT2D eigenvalue weighted by Gasteiger charge is 2.13. The van der Waals surface area contributed by atoms with Crippen molar-refractivity contribution in [2.45, 2.75) is 53.6 Å². The third-order valence-corrected chi connectivity index (χ3v) is 2.55. The SMILES string of the molecule is CCC(C)=CCC(C)C(C)OC(C)=O. The first-order valence-corrected chi connectivity index (χ1v) is 5.30. The fraction of sp³-hybridized carbons (Fsp3) is 0.750. The van der Waals surface area contributed by atoms with Gasteiger partial charge in [0, 0.05) is 6.92 Å². The van der Waals surface area contributed by atoms with E-state index in [2.05, 4.69) is 26.8 Å². The van der Waals surface area contributed by atoms with Gasteiger partial charge in [0.15, 0.2) is 0 Å². The van der Waals surface area contributed by atoms with Crippen molar-refractivity contribution in [2.24, 2.45) is 5.92 Å². The Morgan fingerprint density at radius 1 is 1.36 bits per heavy atom. The molecule has 0 saturated heterocycles. The first-order chi connectivity index (χ1) is 6.47. The molecule has 0 aliphatic rings. The summed E-state index contributed by atoms with van der Waals surface area (Å²) in [7, 11) is 0. The molecular weight excluding hydrogens is 176 g/mol. The first-order valence-electron chi connectivity index (χ1n) is 5.30. The predicted molar refractivity (Wildman–Crippen MR) is 59.1 cm³/mol. The Bertz CT molecular complexity index is 206. The maximum Gasteiger partial charge on any atom is 0.302 e. The molecular formula is C12H22O2. The smallest absolute Gasteiger partial charge is 0.302 e. The fourth-order valence-corrected chi connectivity index (χ4v) is 1.10. The summed E-state index contributed by atoms with van der Waals surface area (Å²) in [5.41, 5.74) is 1.40. The monoisotopic (exact) mass is 198 g/mol. The average molecular weight is 198 g/mol. The highest BCUT2D eigenvalue weighted by atomic mass is 16.5. The van der Waals surface area contributed by atoms with Gasteiger partial charge in [-0.05, 0) is 32.6 Å². The second kappa shape index (κ2) is 6.63. The van der Waals surface area contributed by atoms with E-state index in [0.29, 0.717) is 5.92 Å². The summed E-state index contributed by atoms with van der Waals surface area (Å²) in [5, 5.41) is 0. The van der Waals surface area contributed by atoms with E-state index in [9.17, 15) is 4.79 Å². The third kappa shape index (κ3) is 5.79. The lowest BCUT2D eigenvalue weighted by Gasteiger charge is -2.18. The highest BCUT2D eigenvalue weighted by Crippen LogP contribution is 2.14. The molecule has 0 aromatic rings. The molecule has 82 valence electrons. The quantitative estimate of drug-likeness (QED) is 0.500. The average Bonchev–Trinajstić information content (AvgIpc) is 2.12. The molecule has 0 aliphatic carbocycles. The molecule has 0 N–H and O–H groups in total. The molecule has 0 amide bonds. The molecule has 0 rings (SSSR count). The minimum Gasteiger partial charge on any atom is -0.463 e. The second-order valence-corrected chi connectivity index (χ2v) is 3.93. The molecule has 0 fully saturated rings. The molecule has 0 bridgehead atoms. The van der Waals surface area contributed by atoms with Gasteiger partial charge in [0.2, 0.25) is 0 Å². The summed E-state index contributed by atoms with van der Waals surface area (Å²) in [4.78, 5) is 10.7. The number of hydrogen-bond donors (Lipinski definition) is 0. The molecule has 2 unspecified atom stereocenters. The normalized spacial score (nSPS) is 16.2. The zero-order valence-electron chi connectivity index (χ0n) is 9.96. The molecule has 0 spiro atoms. The van der Waals surface area contributed by atoms with Crippen LogP contribution in [0.5, 0.6) is 0 Å². The fourth-order valence-electron chi connectivity index (χ4n) is 1.10. The van der Waals surface area contributed by atoms with Crippen LogP contribution in [-0.4, -0.2) is 12.1 Å². The Hall–Kier alpha value is -0.790. The van der Waals surface area contributed by atoms with Crippen LogP contribution in [0.4, 0.5) is 0 Å². The van der Waals surface area contributed by atoms with Crippen LogP contribution in [0.1, 0.15) is 47.5 Å². The molecule has 2 atom stereocenters.